The molecule has 44 heavy (non-hydrogen) atoms. The molecular formula is C37H42N2O5. The van der Waals surface area contributed by atoms with Gasteiger partial charge >= 0.3 is 5.97 Å². The Morgan fingerprint density at radius 2 is 1.41 bits per heavy atom. The molecule has 230 valence electrons. The predicted molar refractivity (Wildman–Crippen MR) is 177 cm³/mol. The molecule has 0 heterocycles. The summed E-state index contributed by atoms with van der Waals surface area (Å²) in [5.74, 6) is 0.215. The van der Waals surface area contributed by atoms with Crippen LogP contribution >= 0.6 is 0 Å². The lowest BCUT2D eigenvalue weighted by atomic mass is 10.0. The number of nitrogens with zero attached hydrogens (tertiary/aromatic N) is 1. The van der Waals surface area contributed by atoms with Crippen molar-refractivity contribution in [2.75, 3.05) is 5.73 Å². The molecule has 0 aliphatic rings. The summed E-state index contributed by atoms with van der Waals surface area (Å²) in [6.07, 6.45) is 8.71. The van der Waals surface area contributed by atoms with Gasteiger partial charge < -0.3 is 15.2 Å². The van der Waals surface area contributed by atoms with Crippen LogP contribution < -0.4 is 15.2 Å². The maximum Gasteiger partial charge on any atom is 0.343 e. The SMILES string of the molecule is CCCCCc1ccc(-c2ccc(OC(=O)c3ccc(-c4cc(N)c(O[C@H](C)CCCCC)cc4[N+](=O)[O-])cc3)cc2)cc1. The molecule has 4 aromatic carbocycles. The van der Waals surface area contributed by atoms with Crippen molar-refractivity contribution in [2.45, 2.75) is 78.2 Å². The van der Waals surface area contributed by atoms with Crippen molar-refractivity contribution in [3.05, 3.63) is 106 Å². The number of carbonyl (C=O) groups excluding carboxylic acids is 1. The standard InChI is InChI=1S/C37H42N2O5/c1-4-6-8-10-26(3)43-36-25-35(39(41)42)33(24-34(36)38)30-16-18-31(19-17-30)37(40)44-32-22-20-29(21-23-32)28-14-12-27(13-15-28)11-9-7-5-2/h12-26H,4-11,38H2,1-3H3/t26-/m1/s1. The highest BCUT2D eigenvalue weighted by Crippen LogP contribution is 2.38. The van der Waals surface area contributed by atoms with Gasteiger partial charge in [-0.1, -0.05) is 88.1 Å². The number of anilines is 1. The lowest BCUT2D eigenvalue weighted by Gasteiger charge is -2.17. The minimum Gasteiger partial charge on any atom is -0.488 e. The van der Waals surface area contributed by atoms with Crippen molar-refractivity contribution < 1.29 is 19.2 Å². The van der Waals surface area contributed by atoms with E-state index in [1.165, 1.54) is 30.9 Å². The van der Waals surface area contributed by atoms with Gasteiger partial charge in [-0.05, 0) is 85.2 Å². The molecule has 0 aliphatic heterocycles. The highest BCUT2D eigenvalue weighted by molar-refractivity contribution is 5.92. The fourth-order valence-electron chi connectivity index (χ4n) is 5.14. The van der Waals surface area contributed by atoms with Gasteiger partial charge in [0.2, 0.25) is 0 Å². The number of rotatable bonds is 15. The highest BCUT2D eigenvalue weighted by Gasteiger charge is 2.21. The maximum atomic E-state index is 12.9. The number of esters is 1. The van der Waals surface area contributed by atoms with Crippen LogP contribution in [0.5, 0.6) is 11.5 Å². The lowest BCUT2D eigenvalue weighted by Crippen LogP contribution is -2.13. The van der Waals surface area contributed by atoms with E-state index in [2.05, 4.69) is 38.1 Å². The number of nitro groups is 1. The van der Waals surface area contributed by atoms with Crippen molar-refractivity contribution in [3.8, 4) is 33.8 Å². The van der Waals surface area contributed by atoms with Crippen LogP contribution in [0.1, 0.15) is 81.6 Å². The Morgan fingerprint density at radius 3 is 2.02 bits per heavy atom. The second kappa shape index (κ2) is 15.7. The summed E-state index contributed by atoms with van der Waals surface area (Å²) in [7, 11) is 0. The highest BCUT2D eigenvalue weighted by atomic mass is 16.6. The first-order chi connectivity index (χ1) is 21.3. The molecule has 7 heteroatoms. The third-order valence-corrected chi connectivity index (χ3v) is 7.72. The maximum absolute atomic E-state index is 12.9. The van der Waals surface area contributed by atoms with Crippen molar-refractivity contribution in [2.24, 2.45) is 0 Å². The number of unbranched alkanes of at least 4 members (excludes halogenated alkanes) is 4. The summed E-state index contributed by atoms with van der Waals surface area (Å²) >= 11 is 0. The molecule has 0 fully saturated rings. The van der Waals surface area contributed by atoms with Crippen LogP contribution in [-0.4, -0.2) is 17.0 Å². The van der Waals surface area contributed by atoms with Crippen LogP contribution in [-0.2, 0) is 6.42 Å². The molecule has 0 saturated heterocycles. The fourth-order valence-corrected chi connectivity index (χ4v) is 5.14. The van der Waals surface area contributed by atoms with Gasteiger partial charge in [0.05, 0.1) is 33.9 Å². The van der Waals surface area contributed by atoms with E-state index in [1.807, 2.05) is 19.1 Å². The topological polar surface area (TPSA) is 105 Å². The molecule has 0 aliphatic carbocycles. The van der Waals surface area contributed by atoms with E-state index in [4.69, 9.17) is 15.2 Å². The van der Waals surface area contributed by atoms with Gasteiger partial charge in [0.25, 0.3) is 5.69 Å². The number of carbonyl (C=O) groups is 1. The van der Waals surface area contributed by atoms with Crippen LogP contribution in [0.2, 0.25) is 0 Å². The average molecular weight is 595 g/mol. The zero-order valence-corrected chi connectivity index (χ0v) is 25.9. The number of benzene rings is 4. The van der Waals surface area contributed by atoms with Gasteiger partial charge in [-0.2, -0.15) is 0 Å². The fraction of sp³-hybridized carbons (Fsp3) is 0.324. The van der Waals surface area contributed by atoms with Gasteiger partial charge in [0, 0.05) is 0 Å². The number of nitrogen functional groups attached to an aromatic ring is 1. The number of nitrogens with two attached hydrogens (primary N) is 1. The molecule has 0 unspecified atom stereocenters. The molecule has 1 atom stereocenters. The van der Waals surface area contributed by atoms with E-state index in [9.17, 15) is 14.9 Å². The molecule has 4 aromatic rings. The monoisotopic (exact) mass is 594 g/mol. The Morgan fingerprint density at radius 1 is 0.818 bits per heavy atom. The third-order valence-electron chi connectivity index (χ3n) is 7.72. The van der Waals surface area contributed by atoms with E-state index in [0.717, 1.165) is 43.2 Å². The van der Waals surface area contributed by atoms with E-state index in [0.29, 0.717) is 33.9 Å². The van der Waals surface area contributed by atoms with Gasteiger partial charge in [0.1, 0.15) is 11.5 Å². The summed E-state index contributed by atoms with van der Waals surface area (Å²) in [5.41, 5.74) is 11.2. The molecule has 0 aromatic heterocycles. The third kappa shape index (κ3) is 8.69. The average Bonchev–Trinajstić information content (AvgIpc) is 3.03. The molecule has 0 radical (unpaired) electrons. The molecule has 0 amide bonds. The molecule has 4 rings (SSSR count). The van der Waals surface area contributed by atoms with Crippen molar-refractivity contribution >= 4 is 17.3 Å². The van der Waals surface area contributed by atoms with E-state index < -0.39 is 10.9 Å². The number of ether oxygens (including phenoxy) is 2. The first-order valence-electron chi connectivity index (χ1n) is 15.6. The molecule has 7 nitrogen and oxygen atoms in total. The molecule has 0 spiro atoms. The summed E-state index contributed by atoms with van der Waals surface area (Å²) in [4.78, 5) is 24.4. The first kappa shape index (κ1) is 32.3. The van der Waals surface area contributed by atoms with Gasteiger partial charge in [-0.3, -0.25) is 10.1 Å². The summed E-state index contributed by atoms with van der Waals surface area (Å²) in [6, 6.07) is 25.4. The largest absolute Gasteiger partial charge is 0.488 e. The van der Waals surface area contributed by atoms with E-state index >= 15 is 0 Å². The lowest BCUT2D eigenvalue weighted by molar-refractivity contribution is -0.384. The smallest absolute Gasteiger partial charge is 0.343 e. The van der Waals surface area contributed by atoms with E-state index in [-0.39, 0.29) is 11.8 Å². The van der Waals surface area contributed by atoms with Gasteiger partial charge in [0.15, 0.2) is 0 Å². The minimum absolute atomic E-state index is 0.109. The summed E-state index contributed by atoms with van der Waals surface area (Å²) in [6.45, 7) is 6.28. The normalized spacial score (nSPS) is 11.6. The second-order valence-corrected chi connectivity index (χ2v) is 11.2. The Bertz CT molecular complexity index is 1530. The number of hydrogen-bond acceptors (Lipinski definition) is 6. The zero-order valence-electron chi connectivity index (χ0n) is 25.9. The second-order valence-electron chi connectivity index (χ2n) is 11.2. The zero-order chi connectivity index (χ0) is 31.5. The van der Waals surface area contributed by atoms with Crippen molar-refractivity contribution in [1.82, 2.24) is 0 Å². The summed E-state index contributed by atoms with van der Waals surface area (Å²) < 4.78 is 11.5. The number of nitro benzene ring substituents is 1. The molecule has 0 saturated carbocycles. The van der Waals surface area contributed by atoms with Crippen LogP contribution in [0, 0.1) is 10.1 Å². The quantitative estimate of drug-likeness (QED) is 0.0367. The van der Waals surface area contributed by atoms with Crippen molar-refractivity contribution in [3.63, 3.8) is 0 Å². The van der Waals surface area contributed by atoms with Gasteiger partial charge in [-0.25, -0.2) is 4.79 Å². The Kier molecular flexibility index (Phi) is 11.5. The van der Waals surface area contributed by atoms with Crippen LogP contribution in [0.15, 0.2) is 84.9 Å². The minimum atomic E-state index is -0.518. The Labute approximate surface area is 260 Å². The number of aryl methyl sites for hydroxylation is 1. The van der Waals surface area contributed by atoms with Crippen LogP contribution in [0.3, 0.4) is 0 Å². The first-order valence-corrected chi connectivity index (χ1v) is 15.6. The van der Waals surface area contributed by atoms with E-state index in [1.54, 1.807) is 42.5 Å². The molecule has 0 bridgehead atoms. The predicted octanol–water partition coefficient (Wildman–Crippen LogP) is 9.81. The van der Waals surface area contributed by atoms with Crippen LogP contribution in [0.4, 0.5) is 11.4 Å². The number of hydrogen-bond donors (Lipinski definition) is 1. The van der Waals surface area contributed by atoms with Crippen molar-refractivity contribution in [1.29, 1.82) is 0 Å². The van der Waals surface area contributed by atoms with Gasteiger partial charge in [-0.15, -0.1) is 0 Å². The summed E-state index contributed by atoms with van der Waals surface area (Å²) in [5, 5.41) is 11.9. The molecular weight excluding hydrogens is 552 g/mol. The molecule has 2 N–H and O–H groups in total. The van der Waals surface area contributed by atoms with Crippen LogP contribution in [0.25, 0.3) is 22.3 Å². The Balaban J connectivity index is 1.41. The Hall–Kier alpha value is -4.65.